The summed E-state index contributed by atoms with van der Waals surface area (Å²) in [5.41, 5.74) is -0.868. The van der Waals surface area contributed by atoms with E-state index >= 15 is 0 Å². The fourth-order valence-electron chi connectivity index (χ4n) is 3.22. The number of aliphatic hydroxyl groups excluding tert-OH is 1. The predicted octanol–water partition coefficient (Wildman–Crippen LogP) is 0.0283. The van der Waals surface area contributed by atoms with Gasteiger partial charge in [-0.1, -0.05) is 0 Å². The summed E-state index contributed by atoms with van der Waals surface area (Å²) in [5, 5.41) is 31.3. The first-order valence-corrected chi connectivity index (χ1v) is 9.03. The average molecular weight is 394 g/mol. The molecule has 1 aromatic heterocycles. The molecule has 0 unspecified atom stereocenters. The van der Waals surface area contributed by atoms with Crippen LogP contribution >= 0.6 is 0 Å². The number of nitriles is 1. The molecule has 2 aliphatic heterocycles. The average Bonchev–Trinajstić information content (AvgIpc) is 3.01. The van der Waals surface area contributed by atoms with E-state index in [4.69, 9.17) is 5.26 Å². The number of nitrogens with zero attached hydrogens (tertiary/aromatic N) is 5. The number of carbonyl (C=O) groups excluding carboxylic acids is 2. The fraction of sp³-hybridized carbons (Fsp3) is 0.316. The number of benzene rings is 1. The lowest BCUT2D eigenvalue weighted by atomic mass is 10.1. The summed E-state index contributed by atoms with van der Waals surface area (Å²) in [5.74, 6) is -0.337. The Kier molecular flexibility index (Phi) is 4.62. The molecule has 0 radical (unpaired) electrons. The second kappa shape index (κ2) is 7.12. The van der Waals surface area contributed by atoms with Crippen molar-refractivity contribution in [3.05, 3.63) is 42.1 Å². The maximum Gasteiger partial charge on any atom is 0.275 e. The molecule has 0 saturated carbocycles. The van der Waals surface area contributed by atoms with Crippen LogP contribution in [0.2, 0.25) is 0 Å². The van der Waals surface area contributed by atoms with Gasteiger partial charge < -0.3 is 20.4 Å². The van der Waals surface area contributed by atoms with Crippen molar-refractivity contribution < 1.29 is 19.8 Å². The summed E-state index contributed by atoms with van der Waals surface area (Å²) < 4.78 is 0. The highest BCUT2D eigenvalue weighted by Crippen LogP contribution is 2.27. The molecule has 0 aliphatic carbocycles. The standard InChI is InChI=1S/C19H18N6O4/c20-11-19(29)6-8-25(17(19)28)15-5-7-21-18(23-15)22-13-3-1-12(2-4-13)16(27)24-9-14(26)10-24/h1-5,7,14,26,29H,6,8-10H2,(H,21,22,23)/t19-/m0/s1. The van der Waals surface area contributed by atoms with Crippen LogP contribution in [0.5, 0.6) is 0 Å². The van der Waals surface area contributed by atoms with Crippen LogP contribution < -0.4 is 10.2 Å². The largest absolute Gasteiger partial charge is 0.389 e. The third-order valence-electron chi connectivity index (χ3n) is 4.94. The molecule has 2 saturated heterocycles. The molecule has 1 atom stereocenters. The fourth-order valence-corrected chi connectivity index (χ4v) is 3.22. The van der Waals surface area contributed by atoms with Crippen LogP contribution in [-0.4, -0.2) is 68.2 Å². The van der Waals surface area contributed by atoms with Crippen molar-refractivity contribution in [2.24, 2.45) is 0 Å². The van der Waals surface area contributed by atoms with E-state index in [9.17, 15) is 19.8 Å². The zero-order valence-electron chi connectivity index (χ0n) is 15.3. The van der Waals surface area contributed by atoms with Crippen LogP contribution in [0.1, 0.15) is 16.8 Å². The smallest absolute Gasteiger partial charge is 0.275 e. The van der Waals surface area contributed by atoms with Gasteiger partial charge in [0.05, 0.1) is 6.10 Å². The van der Waals surface area contributed by atoms with Gasteiger partial charge in [-0.15, -0.1) is 0 Å². The highest BCUT2D eigenvalue weighted by Gasteiger charge is 2.46. The first kappa shape index (κ1) is 18.8. The van der Waals surface area contributed by atoms with Crippen LogP contribution in [0.15, 0.2) is 36.5 Å². The maximum absolute atomic E-state index is 12.3. The third-order valence-corrected chi connectivity index (χ3v) is 4.94. The molecule has 2 aromatic rings. The van der Waals surface area contributed by atoms with E-state index in [-0.39, 0.29) is 30.6 Å². The number of aliphatic hydroxyl groups is 2. The van der Waals surface area contributed by atoms with Crippen LogP contribution in [0.4, 0.5) is 17.5 Å². The molecular formula is C19H18N6O4. The van der Waals surface area contributed by atoms with E-state index in [1.807, 2.05) is 0 Å². The van der Waals surface area contributed by atoms with Crippen molar-refractivity contribution in [2.45, 2.75) is 18.1 Å². The van der Waals surface area contributed by atoms with Crippen molar-refractivity contribution in [3.63, 3.8) is 0 Å². The Morgan fingerprint density at radius 2 is 2.00 bits per heavy atom. The lowest BCUT2D eigenvalue weighted by Gasteiger charge is -2.35. The SMILES string of the molecule is N#C[C@@]1(O)CCN(c2ccnc(Nc3ccc(C(=O)N4CC(O)C4)cc3)n2)C1=O. The van der Waals surface area contributed by atoms with Gasteiger partial charge in [0.15, 0.2) is 0 Å². The molecule has 4 rings (SSSR count). The molecule has 0 bridgehead atoms. The summed E-state index contributed by atoms with van der Waals surface area (Å²) in [6.07, 6.45) is 1.03. The van der Waals surface area contributed by atoms with Crippen molar-refractivity contribution in [3.8, 4) is 6.07 Å². The number of nitrogens with one attached hydrogen (secondary N) is 1. The number of β-amino-alcohol motifs (C(OH)–C–C–N with tert-alkyl or cyclic N) is 1. The summed E-state index contributed by atoms with van der Waals surface area (Å²) in [4.78, 5) is 35.7. The van der Waals surface area contributed by atoms with Gasteiger partial charge in [-0.05, 0) is 30.3 Å². The van der Waals surface area contributed by atoms with E-state index in [0.717, 1.165) is 0 Å². The van der Waals surface area contributed by atoms with E-state index < -0.39 is 17.6 Å². The first-order valence-electron chi connectivity index (χ1n) is 9.03. The molecule has 148 valence electrons. The Morgan fingerprint density at radius 3 is 2.62 bits per heavy atom. The van der Waals surface area contributed by atoms with Gasteiger partial charge in [0, 0.05) is 43.5 Å². The van der Waals surface area contributed by atoms with Crippen LogP contribution in [-0.2, 0) is 4.79 Å². The molecule has 2 fully saturated rings. The highest BCUT2D eigenvalue weighted by atomic mass is 16.3. The van der Waals surface area contributed by atoms with Crippen molar-refractivity contribution in [1.29, 1.82) is 5.26 Å². The monoisotopic (exact) mass is 394 g/mol. The molecular weight excluding hydrogens is 376 g/mol. The van der Waals surface area contributed by atoms with Crippen LogP contribution in [0.3, 0.4) is 0 Å². The van der Waals surface area contributed by atoms with Gasteiger partial charge in [0.2, 0.25) is 11.5 Å². The number of hydrogen-bond donors (Lipinski definition) is 3. The molecule has 0 spiro atoms. The Balaban J connectivity index is 1.45. The topological polar surface area (TPSA) is 143 Å². The molecule has 2 amide bonds. The Bertz CT molecular complexity index is 999. The Hall–Kier alpha value is -3.55. The molecule has 10 nitrogen and oxygen atoms in total. The molecule has 3 N–H and O–H groups in total. The van der Waals surface area contributed by atoms with Gasteiger partial charge in [-0.3, -0.25) is 14.5 Å². The highest BCUT2D eigenvalue weighted by molar-refractivity contribution is 6.03. The number of amides is 2. The second-order valence-electron chi connectivity index (χ2n) is 6.98. The molecule has 29 heavy (non-hydrogen) atoms. The number of anilines is 3. The summed E-state index contributed by atoms with van der Waals surface area (Å²) >= 11 is 0. The number of likely N-dealkylation sites (tertiary alicyclic amines) is 1. The van der Waals surface area contributed by atoms with E-state index in [0.29, 0.717) is 24.3 Å². The third kappa shape index (κ3) is 3.49. The lowest BCUT2D eigenvalue weighted by Crippen LogP contribution is -2.53. The number of hydrogen-bond acceptors (Lipinski definition) is 8. The van der Waals surface area contributed by atoms with Gasteiger partial charge >= 0.3 is 0 Å². The first-order chi connectivity index (χ1) is 13.9. The van der Waals surface area contributed by atoms with Crippen molar-refractivity contribution in [2.75, 3.05) is 29.9 Å². The van der Waals surface area contributed by atoms with Gasteiger partial charge in [-0.25, -0.2) is 4.98 Å². The molecule has 10 heteroatoms. The minimum Gasteiger partial charge on any atom is -0.389 e. The summed E-state index contributed by atoms with van der Waals surface area (Å²) in [6.45, 7) is 0.868. The van der Waals surface area contributed by atoms with Gasteiger partial charge in [0.1, 0.15) is 11.9 Å². The molecule has 1 aromatic carbocycles. The van der Waals surface area contributed by atoms with Crippen LogP contribution in [0.25, 0.3) is 0 Å². The van der Waals surface area contributed by atoms with Crippen LogP contribution in [0, 0.1) is 11.3 Å². The second-order valence-corrected chi connectivity index (χ2v) is 6.98. The van der Waals surface area contributed by atoms with E-state index in [2.05, 4.69) is 15.3 Å². The van der Waals surface area contributed by atoms with E-state index in [1.54, 1.807) is 35.2 Å². The number of aromatic nitrogens is 2. The zero-order valence-corrected chi connectivity index (χ0v) is 15.3. The Morgan fingerprint density at radius 1 is 1.28 bits per heavy atom. The Labute approximate surface area is 166 Å². The summed E-state index contributed by atoms with van der Waals surface area (Å²) in [7, 11) is 0. The normalized spacial score (nSPS) is 21.6. The molecule has 3 heterocycles. The van der Waals surface area contributed by atoms with Crippen molar-refractivity contribution in [1.82, 2.24) is 14.9 Å². The zero-order chi connectivity index (χ0) is 20.6. The van der Waals surface area contributed by atoms with Gasteiger partial charge in [-0.2, -0.15) is 10.2 Å². The quantitative estimate of drug-likeness (QED) is 0.617. The predicted molar refractivity (Wildman–Crippen MR) is 101 cm³/mol. The maximum atomic E-state index is 12.3. The minimum absolute atomic E-state index is 0.0125. The van der Waals surface area contributed by atoms with Gasteiger partial charge in [0.25, 0.3) is 11.8 Å². The van der Waals surface area contributed by atoms with E-state index in [1.165, 1.54) is 17.2 Å². The minimum atomic E-state index is -2.02. The number of carbonyl (C=O) groups is 2. The van der Waals surface area contributed by atoms with Crippen molar-refractivity contribution >= 4 is 29.3 Å². The molecule has 2 aliphatic rings. The number of rotatable bonds is 4. The summed E-state index contributed by atoms with van der Waals surface area (Å²) in [6, 6.07) is 9.89. The lowest BCUT2D eigenvalue weighted by molar-refractivity contribution is -0.128.